The van der Waals surface area contributed by atoms with Crippen LogP contribution in [0.2, 0.25) is 0 Å². The van der Waals surface area contributed by atoms with Crippen LogP contribution >= 0.6 is 0 Å². The third-order valence-corrected chi connectivity index (χ3v) is 4.79. The zero-order valence-electron chi connectivity index (χ0n) is 17.3. The Kier molecular flexibility index (Phi) is 5.75. The first kappa shape index (κ1) is 20.3. The molecule has 0 spiro atoms. The predicted molar refractivity (Wildman–Crippen MR) is 114 cm³/mol. The van der Waals surface area contributed by atoms with E-state index in [1.807, 2.05) is 24.3 Å². The summed E-state index contributed by atoms with van der Waals surface area (Å²) < 4.78 is 27.6. The topological polar surface area (TPSA) is 80.0 Å². The lowest BCUT2D eigenvalue weighted by Gasteiger charge is -2.19. The number of benzene rings is 3. The summed E-state index contributed by atoms with van der Waals surface area (Å²) in [5.74, 6) is 1.49. The summed E-state index contributed by atoms with van der Waals surface area (Å²) in [4.78, 5) is 17.1. The van der Waals surface area contributed by atoms with Gasteiger partial charge in [-0.25, -0.2) is 9.78 Å². The van der Waals surface area contributed by atoms with Gasteiger partial charge in [-0.15, -0.1) is 0 Å². The van der Waals surface area contributed by atoms with Gasteiger partial charge in [-0.05, 0) is 42.5 Å². The molecular weight excluding hydrogens is 398 g/mol. The van der Waals surface area contributed by atoms with E-state index < -0.39 is 12.1 Å². The summed E-state index contributed by atoms with van der Waals surface area (Å²) in [5, 5.41) is 0. The van der Waals surface area contributed by atoms with Crippen LogP contribution in [0.25, 0.3) is 22.6 Å². The number of hydrogen-bond donors (Lipinski definition) is 0. The second-order valence-electron chi connectivity index (χ2n) is 6.64. The van der Waals surface area contributed by atoms with Crippen LogP contribution in [0.1, 0.15) is 11.7 Å². The first-order valence-corrected chi connectivity index (χ1v) is 9.55. The molecule has 0 saturated carbocycles. The van der Waals surface area contributed by atoms with Gasteiger partial charge in [-0.3, -0.25) is 0 Å². The number of ether oxygens (including phenoxy) is 4. The average Bonchev–Trinajstić information content (AvgIpc) is 3.26. The van der Waals surface area contributed by atoms with Crippen molar-refractivity contribution in [3.8, 4) is 28.7 Å². The quantitative estimate of drug-likeness (QED) is 0.398. The zero-order chi connectivity index (χ0) is 21.8. The summed E-state index contributed by atoms with van der Waals surface area (Å²) in [6.07, 6.45) is -0.993. The molecule has 0 aliphatic heterocycles. The van der Waals surface area contributed by atoms with E-state index in [2.05, 4.69) is 4.98 Å². The Bertz CT molecular complexity index is 1170. The minimum Gasteiger partial charge on any atom is -0.497 e. The summed E-state index contributed by atoms with van der Waals surface area (Å²) in [6, 6.07) is 19.7. The van der Waals surface area contributed by atoms with Crippen molar-refractivity contribution in [1.29, 1.82) is 0 Å². The van der Waals surface area contributed by atoms with Crippen LogP contribution in [-0.4, -0.2) is 32.3 Å². The van der Waals surface area contributed by atoms with Gasteiger partial charge in [-0.1, -0.05) is 24.3 Å². The third kappa shape index (κ3) is 4.16. The first-order chi connectivity index (χ1) is 15.1. The van der Waals surface area contributed by atoms with Crippen molar-refractivity contribution in [2.24, 2.45) is 0 Å². The molecule has 1 unspecified atom stereocenters. The summed E-state index contributed by atoms with van der Waals surface area (Å²) in [6.45, 7) is 0. The van der Waals surface area contributed by atoms with E-state index in [9.17, 15) is 4.79 Å². The highest BCUT2D eigenvalue weighted by atomic mass is 16.6. The Morgan fingerprint density at radius 1 is 0.903 bits per heavy atom. The molecule has 1 aromatic heterocycles. The second-order valence-corrected chi connectivity index (χ2v) is 6.64. The fraction of sp³-hybridized carbons (Fsp3) is 0.167. The van der Waals surface area contributed by atoms with Gasteiger partial charge in [0.25, 0.3) is 0 Å². The van der Waals surface area contributed by atoms with Crippen LogP contribution in [0, 0.1) is 0 Å². The van der Waals surface area contributed by atoms with Gasteiger partial charge in [0.2, 0.25) is 12.0 Å². The van der Waals surface area contributed by atoms with Crippen molar-refractivity contribution >= 4 is 17.1 Å². The molecule has 4 rings (SSSR count). The minimum atomic E-state index is -0.993. The molecule has 31 heavy (non-hydrogen) atoms. The van der Waals surface area contributed by atoms with Crippen LogP contribution in [0.5, 0.6) is 17.2 Å². The van der Waals surface area contributed by atoms with Crippen LogP contribution in [-0.2, 0) is 9.53 Å². The monoisotopic (exact) mass is 419 g/mol. The lowest BCUT2D eigenvalue weighted by molar-refractivity contribution is -0.149. The summed E-state index contributed by atoms with van der Waals surface area (Å²) in [7, 11) is 4.46. The van der Waals surface area contributed by atoms with Gasteiger partial charge in [0, 0.05) is 5.56 Å². The highest BCUT2D eigenvalue weighted by molar-refractivity contribution is 5.79. The summed E-state index contributed by atoms with van der Waals surface area (Å²) >= 11 is 0. The maximum Gasteiger partial charge on any atom is 0.351 e. The van der Waals surface area contributed by atoms with E-state index in [0.29, 0.717) is 45.4 Å². The number of aromatic nitrogens is 1. The predicted octanol–water partition coefficient (Wildman–Crippen LogP) is 4.81. The molecule has 0 N–H and O–H groups in total. The number of nitrogens with zero attached hydrogens (tertiary/aromatic N) is 1. The molecule has 1 atom stereocenters. The molecule has 4 aromatic rings. The Hall–Kier alpha value is -4.00. The van der Waals surface area contributed by atoms with Gasteiger partial charge in [-0.2, -0.15) is 0 Å². The number of carbonyl (C=O) groups is 1. The Morgan fingerprint density at radius 2 is 1.61 bits per heavy atom. The molecular formula is C24H21NO6. The third-order valence-electron chi connectivity index (χ3n) is 4.79. The fourth-order valence-corrected chi connectivity index (χ4v) is 3.16. The molecule has 0 saturated heterocycles. The largest absolute Gasteiger partial charge is 0.497 e. The molecule has 3 aromatic carbocycles. The van der Waals surface area contributed by atoms with E-state index in [0.717, 1.165) is 0 Å². The van der Waals surface area contributed by atoms with E-state index >= 15 is 0 Å². The molecule has 0 amide bonds. The Labute approximate surface area is 179 Å². The van der Waals surface area contributed by atoms with Crippen LogP contribution in [0.4, 0.5) is 0 Å². The van der Waals surface area contributed by atoms with Crippen molar-refractivity contribution in [3.63, 3.8) is 0 Å². The van der Waals surface area contributed by atoms with E-state index in [1.165, 1.54) is 7.11 Å². The van der Waals surface area contributed by atoms with Gasteiger partial charge >= 0.3 is 5.97 Å². The number of hydrogen-bond acceptors (Lipinski definition) is 7. The van der Waals surface area contributed by atoms with Gasteiger partial charge in [0.1, 0.15) is 22.8 Å². The first-order valence-electron chi connectivity index (χ1n) is 9.55. The number of fused-ring (bicyclic) bond motifs is 1. The molecule has 7 heteroatoms. The molecule has 0 aliphatic rings. The molecule has 0 bridgehead atoms. The number of oxazole rings is 1. The molecule has 0 radical (unpaired) electrons. The van der Waals surface area contributed by atoms with Gasteiger partial charge in [0.05, 0.1) is 26.9 Å². The van der Waals surface area contributed by atoms with Crippen LogP contribution < -0.4 is 14.2 Å². The number of esters is 1. The van der Waals surface area contributed by atoms with Gasteiger partial charge < -0.3 is 23.4 Å². The molecule has 158 valence electrons. The van der Waals surface area contributed by atoms with Crippen molar-refractivity contribution in [3.05, 3.63) is 72.3 Å². The molecule has 1 heterocycles. The van der Waals surface area contributed by atoms with Crippen molar-refractivity contribution in [2.75, 3.05) is 21.3 Å². The van der Waals surface area contributed by atoms with E-state index in [1.54, 1.807) is 56.7 Å². The number of rotatable bonds is 7. The van der Waals surface area contributed by atoms with Crippen LogP contribution in [0.3, 0.4) is 0 Å². The van der Waals surface area contributed by atoms with E-state index in [4.69, 9.17) is 23.4 Å². The zero-order valence-corrected chi connectivity index (χ0v) is 17.3. The maximum atomic E-state index is 12.5. The lowest BCUT2D eigenvalue weighted by Crippen LogP contribution is -2.20. The van der Waals surface area contributed by atoms with Gasteiger partial charge in [0.15, 0.2) is 5.58 Å². The molecule has 0 fully saturated rings. The second kappa shape index (κ2) is 8.79. The highest BCUT2D eigenvalue weighted by Crippen LogP contribution is 2.37. The van der Waals surface area contributed by atoms with E-state index in [-0.39, 0.29) is 0 Å². The standard InChI is InChI=1S/C24H21NO6/c1-27-16-10-8-15(9-11-16)22(24(26)29-3)30-20-13-12-17(28-2)14-18(20)23-25-19-6-4-5-7-21(19)31-23/h4-14,22H,1-3H3. The highest BCUT2D eigenvalue weighted by Gasteiger charge is 2.26. The maximum absolute atomic E-state index is 12.5. The minimum absolute atomic E-state index is 0.355. The smallest absolute Gasteiger partial charge is 0.351 e. The molecule has 7 nitrogen and oxygen atoms in total. The summed E-state index contributed by atoms with van der Waals surface area (Å²) in [5.41, 5.74) is 2.53. The SMILES string of the molecule is COC(=O)C(Oc1ccc(OC)cc1-c1nc2ccccc2o1)c1ccc(OC)cc1. The number of carbonyl (C=O) groups excluding carboxylic acids is 1. The Balaban J connectivity index is 1.77. The fourth-order valence-electron chi connectivity index (χ4n) is 3.16. The lowest BCUT2D eigenvalue weighted by atomic mass is 10.1. The number of methoxy groups -OCH3 is 3. The van der Waals surface area contributed by atoms with Crippen molar-refractivity contribution < 1.29 is 28.2 Å². The normalized spacial score (nSPS) is 11.7. The van der Waals surface area contributed by atoms with Crippen LogP contribution in [0.15, 0.2) is 71.1 Å². The van der Waals surface area contributed by atoms with Crippen molar-refractivity contribution in [1.82, 2.24) is 4.98 Å². The Morgan fingerprint density at radius 3 is 2.29 bits per heavy atom. The average molecular weight is 419 g/mol. The van der Waals surface area contributed by atoms with Crippen molar-refractivity contribution in [2.45, 2.75) is 6.10 Å². The molecule has 0 aliphatic carbocycles. The number of para-hydroxylation sites is 2.